The molecule has 0 amide bonds. The van der Waals surface area contributed by atoms with E-state index in [4.69, 9.17) is 0 Å². The molecule has 1 unspecified atom stereocenters. The highest BCUT2D eigenvalue weighted by Gasteiger charge is 2.35. The Kier molecular flexibility index (Phi) is 4.25. The molecule has 1 aliphatic carbocycles. The molecule has 5 nitrogen and oxygen atoms in total. The fourth-order valence-corrected chi connectivity index (χ4v) is 2.52. The van der Waals surface area contributed by atoms with Crippen LogP contribution in [0.25, 0.3) is 0 Å². The van der Waals surface area contributed by atoms with Gasteiger partial charge in [-0.05, 0) is 25.7 Å². The first kappa shape index (κ1) is 13.8. The number of nitrogens with zero attached hydrogens (tertiary/aromatic N) is 2. The van der Waals surface area contributed by atoms with E-state index in [0.29, 0.717) is 6.54 Å². The maximum absolute atomic E-state index is 11.4. The van der Waals surface area contributed by atoms with Crippen molar-refractivity contribution in [3.05, 3.63) is 0 Å². The molecule has 2 fully saturated rings. The van der Waals surface area contributed by atoms with Crippen LogP contribution in [0.4, 0.5) is 0 Å². The van der Waals surface area contributed by atoms with Crippen molar-refractivity contribution in [2.24, 2.45) is 5.92 Å². The van der Waals surface area contributed by atoms with Crippen LogP contribution in [0.2, 0.25) is 0 Å². The van der Waals surface area contributed by atoms with Gasteiger partial charge in [-0.3, -0.25) is 4.90 Å². The van der Waals surface area contributed by atoms with Gasteiger partial charge in [-0.15, -0.1) is 0 Å². The third kappa shape index (κ3) is 3.67. The van der Waals surface area contributed by atoms with Crippen molar-refractivity contribution in [1.82, 2.24) is 9.80 Å². The lowest BCUT2D eigenvalue weighted by atomic mass is 10.1. The number of methoxy groups -OCH3 is 1. The lowest BCUT2D eigenvalue weighted by Crippen LogP contribution is -2.54. The van der Waals surface area contributed by atoms with Crippen LogP contribution >= 0.6 is 0 Å². The number of hydrogen-bond donors (Lipinski definition) is 1. The summed E-state index contributed by atoms with van der Waals surface area (Å²) in [6.45, 7) is 7.01. The molecule has 104 valence electrons. The molecule has 2 rings (SSSR count). The van der Waals surface area contributed by atoms with E-state index < -0.39 is 11.6 Å². The second-order valence-corrected chi connectivity index (χ2v) is 5.79. The SMILES string of the molecule is COC(=O)C(C)(O)CN1CCN(CC2CC2)CC1. The summed E-state index contributed by atoms with van der Waals surface area (Å²) in [5.74, 6) is 0.373. The predicted molar refractivity (Wildman–Crippen MR) is 68.2 cm³/mol. The molecule has 0 aromatic heterocycles. The Bertz CT molecular complexity index is 295. The first-order valence-corrected chi connectivity index (χ1v) is 6.77. The summed E-state index contributed by atoms with van der Waals surface area (Å²) in [4.78, 5) is 16.0. The van der Waals surface area contributed by atoms with Crippen LogP contribution in [0.5, 0.6) is 0 Å². The summed E-state index contributed by atoms with van der Waals surface area (Å²) in [5.41, 5.74) is -1.40. The van der Waals surface area contributed by atoms with Gasteiger partial charge in [0.1, 0.15) is 0 Å². The summed E-state index contributed by atoms with van der Waals surface area (Å²) in [6.07, 6.45) is 2.77. The maximum Gasteiger partial charge on any atom is 0.338 e. The van der Waals surface area contributed by atoms with Gasteiger partial charge < -0.3 is 14.7 Å². The van der Waals surface area contributed by atoms with E-state index >= 15 is 0 Å². The van der Waals surface area contributed by atoms with E-state index in [1.165, 1.54) is 33.4 Å². The minimum absolute atomic E-state index is 0.358. The summed E-state index contributed by atoms with van der Waals surface area (Å²) in [7, 11) is 1.31. The minimum atomic E-state index is -1.40. The van der Waals surface area contributed by atoms with Crippen LogP contribution in [0.1, 0.15) is 19.8 Å². The molecule has 0 aromatic carbocycles. The van der Waals surface area contributed by atoms with Crippen LogP contribution in [0, 0.1) is 5.92 Å². The molecule has 18 heavy (non-hydrogen) atoms. The molecule has 1 aliphatic heterocycles. The van der Waals surface area contributed by atoms with Gasteiger partial charge >= 0.3 is 5.97 Å². The third-order valence-corrected chi connectivity index (χ3v) is 3.83. The van der Waals surface area contributed by atoms with Crippen molar-refractivity contribution in [2.75, 3.05) is 46.4 Å². The molecule has 1 saturated carbocycles. The van der Waals surface area contributed by atoms with Gasteiger partial charge in [-0.25, -0.2) is 4.79 Å². The molecule has 5 heteroatoms. The van der Waals surface area contributed by atoms with Gasteiger partial charge in [0.05, 0.1) is 7.11 Å². The standard InChI is InChI=1S/C13H24N2O3/c1-13(17,12(16)18-2)10-15-7-5-14(6-8-15)9-11-3-4-11/h11,17H,3-10H2,1-2H3. The second kappa shape index (κ2) is 5.55. The van der Waals surface area contributed by atoms with E-state index in [2.05, 4.69) is 14.5 Å². The molecular formula is C13H24N2O3. The number of esters is 1. The highest BCUT2D eigenvalue weighted by atomic mass is 16.5. The van der Waals surface area contributed by atoms with Crippen LogP contribution in [0.3, 0.4) is 0 Å². The number of aliphatic hydroxyl groups is 1. The normalized spacial score (nSPS) is 25.7. The summed E-state index contributed by atoms with van der Waals surface area (Å²) < 4.78 is 4.61. The van der Waals surface area contributed by atoms with Gasteiger partial charge in [0.2, 0.25) is 0 Å². The Morgan fingerprint density at radius 2 is 1.83 bits per heavy atom. The molecule has 1 N–H and O–H groups in total. The van der Waals surface area contributed by atoms with Gasteiger partial charge in [0, 0.05) is 39.3 Å². The van der Waals surface area contributed by atoms with Gasteiger partial charge in [-0.1, -0.05) is 0 Å². The number of β-amino-alcohol motifs (C(OH)–C–C–N with tert-alkyl or cyclic N) is 1. The number of piperazine rings is 1. The maximum atomic E-state index is 11.4. The Morgan fingerprint density at radius 3 is 2.33 bits per heavy atom. The number of carbonyl (C=O) groups is 1. The van der Waals surface area contributed by atoms with Crippen LogP contribution in [0.15, 0.2) is 0 Å². The quantitative estimate of drug-likeness (QED) is 0.698. The predicted octanol–water partition coefficient (Wildman–Crippen LogP) is -0.0620. The Hall–Kier alpha value is -0.650. The monoisotopic (exact) mass is 256 g/mol. The first-order chi connectivity index (χ1) is 8.51. The van der Waals surface area contributed by atoms with Crippen LogP contribution in [-0.2, 0) is 9.53 Å². The lowest BCUT2D eigenvalue weighted by Gasteiger charge is -2.37. The zero-order valence-electron chi connectivity index (χ0n) is 11.4. The Labute approximate surface area is 109 Å². The average molecular weight is 256 g/mol. The van der Waals surface area contributed by atoms with E-state index in [1.807, 2.05) is 0 Å². The first-order valence-electron chi connectivity index (χ1n) is 6.77. The smallest absolute Gasteiger partial charge is 0.338 e. The molecule has 1 atom stereocenters. The van der Waals surface area contributed by atoms with E-state index in [-0.39, 0.29) is 0 Å². The van der Waals surface area contributed by atoms with Crippen LogP contribution < -0.4 is 0 Å². The van der Waals surface area contributed by atoms with Gasteiger partial charge in [0.25, 0.3) is 0 Å². The van der Waals surface area contributed by atoms with E-state index in [0.717, 1.165) is 32.1 Å². The number of hydrogen-bond acceptors (Lipinski definition) is 5. The van der Waals surface area contributed by atoms with E-state index in [1.54, 1.807) is 0 Å². The second-order valence-electron chi connectivity index (χ2n) is 5.79. The molecule has 0 aromatic rings. The average Bonchev–Trinajstić information content (AvgIpc) is 3.14. The Morgan fingerprint density at radius 1 is 1.28 bits per heavy atom. The summed E-state index contributed by atoms with van der Waals surface area (Å²) in [5, 5.41) is 10.0. The summed E-state index contributed by atoms with van der Waals surface area (Å²) >= 11 is 0. The number of rotatable bonds is 5. The minimum Gasteiger partial charge on any atom is -0.467 e. The molecule has 1 saturated heterocycles. The van der Waals surface area contributed by atoms with Gasteiger partial charge in [0.15, 0.2) is 5.60 Å². The number of ether oxygens (including phenoxy) is 1. The molecule has 0 bridgehead atoms. The summed E-state index contributed by atoms with van der Waals surface area (Å²) in [6, 6.07) is 0. The molecule has 0 radical (unpaired) electrons. The topological polar surface area (TPSA) is 53.0 Å². The van der Waals surface area contributed by atoms with E-state index in [9.17, 15) is 9.90 Å². The zero-order chi connectivity index (χ0) is 13.2. The zero-order valence-corrected chi connectivity index (χ0v) is 11.4. The van der Waals surface area contributed by atoms with Crippen molar-refractivity contribution in [1.29, 1.82) is 0 Å². The van der Waals surface area contributed by atoms with Gasteiger partial charge in [-0.2, -0.15) is 0 Å². The highest BCUT2D eigenvalue weighted by molar-refractivity contribution is 5.78. The molecule has 0 spiro atoms. The largest absolute Gasteiger partial charge is 0.467 e. The fraction of sp³-hybridized carbons (Fsp3) is 0.923. The van der Waals surface area contributed by atoms with Crippen LogP contribution in [-0.4, -0.2) is 72.9 Å². The Balaban J connectivity index is 1.73. The molecular weight excluding hydrogens is 232 g/mol. The lowest BCUT2D eigenvalue weighted by molar-refractivity contribution is -0.162. The van der Waals surface area contributed by atoms with Crippen molar-refractivity contribution in [3.63, 3.8) is 0 Å². The van der Waals surface area contributed by atoms with Crippen molar-refractivity contribution in [3.8, 4) is 0 Å². The van der Waals surface area contributed by atoms with Crippen molar-refractivity contribution >= 4 is 5.97 Å². The fourth-order valence-electron chi connectivity index (χ4n) is 2.52. The molecule has 1 heterocycles. The third-order valence-electron chi connectivity index (χ3n) is 3.83. The number of carbonyl (C=O) groups excluding carboxylic acids is 1. The highest BCUT2D eigenvalue weighted by Crippen LogP contribution is 2.29. The van der Waals surface area contributed by atoms with Crippen molar-refractivity contribution in [2.45, 2.75) is 25.4 Å². The molecule has 2 aliphatic rings. The van der Waals surface area contributed by atoms with Crippen molar-refractivity contribution < 1.29 is 14.6 Å².